The van der Waals surface area contributed by atoms with Crippen LogP contribution in [0, 0.1) is 0 Å². The van der Waals surface area contributed by atoms with Gasteiger partial charge in [-0.05, 0) is 32.1 Å². The molecule has 2 unspecified atom stereocenters. The number of amides is 1. The van der Waals surface area contributed by atoms with Crippen molar-refractivity contribution < 1.29 is 24.5 Å². The van der Waals surface area contributed by atoms with Crippen molar-refractivity contribution in [2.75, 3.05) is 13.2 Å². The Hall–Kier alpha value is -1.40. The lowest BCUT2D eigenvalue weighted by atomic mass is 10.0. The molecule has 6 nitrogen and oxygen atoms in total. The van der Waals surface area contributed by atoms with Crippen LogP contribution < -0.4 is 5.32 Å². The molecule has 0 radical (unpaired) electrons. The van der Waals surface area contributed by atoms with Crippen molar-refractivity contribution in [2.24, 2.45) is 0 Å². The Bertz CT molecular complexity index is 1210. The van der Waals surface area contributed by atoms with E-state index in [-0.39, 0.29) is 18.5 Å². The first kappa shape index (κ1) is 78.6. The molecule has 0 aliphatic heterocycles. The number of hydrogen-bond acceptors (Lipinski definition) is 5. The van der Waals surface area contributed by atoms with Crippen molar-refractivity contribution in [3.63, 3.8) is 0 Å². The Balaban J connectivity index is 3.38. The average Bonchev–Trinajstić information content (AvgIpc) is 3.46. The molecule has 0 saturated heterocycles. The summed E-state index contributed by atoms with van der Waals surface area (Å²) in [5, 5.41) is 23.3. The highest BCUT2D eigenvalue weighted by Crippen LogP contribution is 2.20. The third-order valence-electron chi connectivity index (χ3n) is 17.6. The summed E-state index contributed by atoms with van der Waals surface area (Å²) >= 11 is 0. The van der Waals surface area contributed by atoms with Crippen LogP contribution in [-0.4, -0.2) is 47.4 Å². The minimum Gasteiger partial charge on any atom is -0.466 e. The first-order valence-corrected chi connectivity index (χ1v) is 37.0. The van der Waals surface area contributed by atoms with Gasteiger partial charge >= 0.3 is 5.97 Å². The molecule has 80 heavy (non-hydrogen) atoms. The minimum atomic E-state index is -0.843. The third-order valence-corrected chi connectivity index (χ3v) is 17.6. The van der Waals surface area contributed by atoms with E-state index in [0.717, 1.165) is 38.5 Å². The first-order valence-electron chi connectivity index (χ1n) is 37.0. The van der Waals surface area contributed by atoms with E-state index in [4.69, 9.17) is 4.74 Å². The van der Waals surface area contributed by atoms with Crippen LogP contribution in [0.4, 0.5) is 0 Å². The van der Waals surface area contributed by atoms with Gasteiger partial charge in [0.15, 0.2) is 0 Å². The highest BCUT2D eigenvalue weighted by Gasteiger charge is 2.18. The summed E-state index contributed by atoms with van der Waals surface area (Å²) in [5.74, 6) is -0.0404. The number of carbonyl (C=O) groups excluding carboxylic acids is 2. The number of nitrogens with one attached hydrogen (secondary N) is 1. The van der Waals surface area contributed by atoms with Gasteiger partial charge < -0.3 is 20.3 Å². The lowest BCUT2D eigenvalue weighted by Crippen LogP contribution is -2.45. The van der Waals surface area contributed by atoms with Crippen LogP contribution in [0.2, 0.25) is 0 Å². The summed E-state index contributed by atoms with van der Waals surface area (Å²) in [5.41, 5.74) is 0. The fourth-order valence-electron chi connectivity index (χ4n) is 11.9. The van der Waals surface area contributed by atoms with Crippen LogP contribution in [0.25, 0.3) is 0 Å². The van der Waals surface area contributed by atoms with Crippen molar-refractivity contribution in [3.05, 3.63) is 12.2 Å². The zero-order chi connectivity index (χ0) is 57.8. The van der Waals surface area contributed by atoms with E-state index >= 15 is 0 Å². The molecule has 0 bridgehead atoms. The highest BCUT2D eigenvalue weighted by atomic mass is 16.5. The molecule has 0 aromatic rings. The molecule has 0 rings (SSSR count). The number of aliphatic hydroxyl groups excluding tert-OH is 2. The van der Waals surface area contributed by atoms with Gasteiger partial charge in [-0.2, -0.15) is 0 Å². The van der Waals surface area contributed by atoms with Gasteiger partial charge in [0.05, 0.1) is 25.4 Å². The summed E-state index contributed by atoms with van der Waals surface area (Å²) < 4.78 is 5.49. The molecular formula is C74H145NO5. The quantitative estimate of drug-likeness (QED) is 0.0320. The standard InChI is InChI=1S/C74H145NO5/c1-3-5-7-9-11-13-15-17-18-19-20-21-22-28-31-34-37-40-43-46-50-54-58-62-66-72(77)71(70-76)75-73(78)67-63-59-55-51-47-44-41-38-35-32-29-26-24-23-25-27-30-33-36-39-42-45-49-53-57-61-65-69-80-74(79)68-64-60-56-52-48-16-14-12-10-8-6-4-2/h62,66,71-72,76-77H,3-61,63-65,67-70H2,1-2H3,(H,75,78)/b66-62+. The Labute approximate surface area is 501 Å². The second-order valence-corrected chi connectivity index (χ2v) is 25.6. The maximum absolute atomic E-state index is 12.5. The number of aliphatic hydroxyl groups is 2. The van der Waals surface area contributed by atoms with Crippen LogP contribution in [-0.2, 0) is 14.3 Å². The topological polar surface area (TPSA) is 95.9 Å². The van der Waals surface area contributed by atoms with Crippen molar-refractivity contribution in [1.82, 2.24) is 5.32 Å². The normalized spacial score (nSPS) is 12.5. The predicted octanol–water partition coefficient (Wildman–Crippen LogP) is 23.9. The monoisotopic (exact) mass is 1130 g/mol. The first-order chi connectivity index (χ1) is 39.5. The molecular weight excluding hydrogens is 983 g/mol. The summed E-state index contributed by atoms with van der Waals surface area (Å²) in [4.78, 5) is 24.6. The van der Waals surface area contributed by atoms with Crippen molar-refractivity contribution in [2.45, 2.75) is 437 Å². The molecule has 2 atom stereocenters. The van der Waals surface area contributed by atoms with E-state index in [0.29, 0.717) is 19.4 Å². The van der Waals surface area contributed by atoms with Gasteiger partial charge in [0.25, 0.3) is 0 Å². The van der Waals surface area contributed by atoms with Crippen LogP contribution in [0.5, 0.6) is 0 Å². The summed E-state index contributed by atoms with van der Waals surface area (Å²) in [6, 6.07) is -0.626. The SMILES string of the molecule is CCCCCCCCCCCCCCCCCCCCCCCC/C=C/C(O)C(CO)NC(=O)CCCCCCCCCCCCCCCCCCCCCCCCCCCCCOC(=O)CCCCCCCCCCCCCC. The zero-order valence-corrected chi connectivity index (χ0v) is 54.6. The Morgan fingerprint density at radius 2 is 0.575 bits per heavy atom. The maximum atomic E-state index is 12.5. The second kappa shape index (κ2) is 70.1. The zero-order valence-electron chi connectivity index (χ0n) is 54.6. The van der Waals surface area contributed by atoms with Crippen LogP contribution >= 0.6 is 0 Å². The molecule has 0 saturated carbocycles. The van der Waals surface area contributed by atoms with Gasteiger partial charge in [-0.3, -0.25) is 9.59 Å². The van der Waals surface area contributed by atoms with Gasteiger partial charge in [0.1, 0.15) is 0 Å². The lowest BCUT2D eigenvalue weighted by Gasteiger charge is -2.20. The fraction of sp³-hybridized carbons (Fsp3) is 0.946. The molecule has 0 spiro atoms. The predicted molar refractivity (Wildman–Crippen MR) is 352 cm³/mol. The van der Waals surface area contributed by atoms with E-state index in [1.165, 1.54) is 360 Å². The van der Waals surface area contributed by atoms with Crippen molar-refractivity contribution in [3.8, 4) is 0 Å². The number of rotatable bonds is 70. The lowest BCUT2D eigenvalue weighted by molar-refractivity contribution is -0.143. The van der Waals surface area contributed by atoms with E-state index < -0.39 is 12.1 Å². The average molecular weight is 1130 g/mol. The third kappa shape index (κ3) is 65.7. The minimum absolute atomic E-state index is 0.0195. The smallest absolute Gasteiger partial charge is 0.305 e. The summed E-state index contributed by atoms with van der Waals surface area (Å²) in [6.07, 6.45) is 87.4. The summed E-state index contributed by atoms with van der Waals surface area (Å²) in [7, 11) is 0. The van der Waals surface area contributed by atoms with E-state index in [2.05, 4.69) is 19.2 Å². The van der Waals surface area contributed by atoms with Gasteiger partial charge in [-0.1, -0.05) is 392 Å². The molecule has 6 heteroatoms. The molecule has 0 heterocycles. The van der Waals surface area contributed by atoms with Crippen LogP contribution in [0.15, 0.2) is 12.2 Å². The maximum Gasteiger partial charge on any atom is 0.305 e. The number of allylic oxidation sites excluding steroid dienone is 1. The summed E-state index contributed by atoms with van der Waals surface area (Å²) in [6.45, 7) is 4.95. The van der Waals surface area contributed by atoms with E-state index in [1.807, 2.05) is 6.08 Å². The fourth-order valence-corrected chi connectivity index (χ4v) is 11.9. The molecule has 3 N–H and O–H groups in total. The van der Waals surface area contributed by atoms with Crippen molar-refractivity contribution >= 4 is 11.9 Å². The molecule has 0 aliphatic carbocycles. The van der Waals surface area contributed by atoms with Gasteiger partial charge in [-0.25, -0.2) is 0 Å². The number of hydrogen-bond donors (Lipinski definition) is 3. The Morgan fingerprint density at radius 1 is 0.338 bits per heavy atom. The molecule has 0 aliphatic rings. The van der Waals surface area contributed by atoms with E-state index in [1.54, 1.807) is 6.08 Å². The Morgan fingerprint density at radius 3 is 0.850 bits per heavy atom. The van der Waals surface area contributed by atoms with Gasteiger partial charge in [-0.15, -0.1) is 0 Å². The molecule has 476 valence electrons. The Kier molecular flexibility index (Phi) is 68.9. The molecule has 0 aromatic carbocycles. The number of unbranched alkanes of at least 4 members (excludes halogenated alkanes) is 59. The van der Waals surface area contributed by atoms with Crippen LogP contribution in [0.3, 0.4) is 0 Å². The molecule has 0 aromatic heterocycles. The number of ether oxygens (including phenoxy) is 1. The highest BCUT2D eigenvalue weighted by molar-refractivity contribution is 5.76. The van der Waals surface area contributed by atoms with E-state index in [9.17, 15) is 19.8 Å². The molecule has 1 amide bonds. The second-order valence-electron chi connectivity index (χ2n) is 25.6. The van der Waals surface area contributed by atoms with Gasteiger partial charge in [0.2, 0.25) is 5.91 Å². The van der Waals surface area contributed by atoms with Crippen molar-refractivity contribution in [1.29, 1.82) is 0 Å². The van der Waals surface area contributed by atoms with Crippen LogP contribution in [0.1, 0.15) is 425 Å². The number of esters is 1. The number of carbonyl (C=O) groups is 2. The molecule has 0 fully saturated rings. The largest absolute Gasteiger partial charge is 0.466 e. The van der Waals surface area contributed by atoms with Gasteiger partial charge in [0, 0.05) is 12.8 Å².